The fourth-order valence-corrected chi connectivity index (χ4v) is 3.23. The van der Waals surface area contributed by atoms with Crippen LogP contribution >= 0.6 is 12.6 Å². The molecule has 1 amide bonds. The van der Waals surface area contributed by atoms with Gasteiger partial charge in [-0.05, 0) is 24.1 Å². The second-order valence-corrected chi connectivity index (χ2v) is 6.61. The summed E-state index contributed by atoms with van der Waals surface area (Å²) in [5, 5.41) is 0.152. The third-order valence-corrected chi connectivity index (χ3v) is 4.37. The number of rotatable bonds is 5. The van der Waals surface area contributed by atoms with Crippen LogP contribution in [-0.4, -0.2) is 35.4 Å². The van der Waals surface area contributed by atoms with E-state index in [1.54, 1.807) is 17.0 Å². The molecule has 4 nitrogen and oxygen atoms in total. The first-order valence-electron chi connectivity index (χ1n) is 8.05. The van der Waals surface area contributed by atoms with Crippen molar-refractivity contribution >= 4 is 18.7 Å². The van der Waals surface area contributed by atoms with Crippen LogP contribution in [0.1, 0.15) is 12.0 Å². The molecule has 0 radical (unpaired) electrons. The molecule has 0 aliphatic carbocycles. The van der Waals surface area contributed by atoms with Gasteiger partial charge in [-0.15, -0.1) is 0 Å². The molecule has 2 unspecified atom stereocenters. The van der Waals surface area contributed by atoms with E-state index in [0.29, 0.717) is 25.5 Å². The minimum absolute atomic E-state index is 0.00701. The Morgan fingerprint density at radius 2 is 1.75 bits per heavy atom. The average molecular weight is 343 g/mol. The third kappa shape index (κ3) is 4.52. The number of carbonyl (C=O) groups excluding carboxylic acids is 1. The van der Waals surface area contributed by atoms with Crippen LogP contribution in [0.4, 0.5) is 4.79 Å². The first-order valence-corrected chi connectivity index (χ1v) is 8.57. The number of para-hydroxylation sites is 1. The lowest BCUT2D eigenvalue weighted by atomic mass is 10.2. The Morgan fingerprint density at radius 3 is 2.46 bits per heavy atom. The van der Waals surface area contributed by atoms with Gasteiger partial charge in [0.1, 0.15) is 5.75 Å². The van der Waals surface area contributed by atoms with Gasteiger partial charge in [-0.2, -0.15) is 12.6 Å². The Balaban J connectivity index is 1.54. The SMILES string of the molecule is O=C(Oc1ccccc1)N1CC(S)CC1COCc1ccccc1. The van der Waals surface area contributed by atoms with Crippen molar-refractivity contribution in [2.75, 3.05) is 13.2 Å². The Bertz CT molecular complexity index is 650. The summed E-state index contributed by atoms with van der Waals surface area (Å²) in [6, 6.07) is 19.1. The van der Waals surface area contributed by atoms with Gasteiger partial charge in [0.2, 0.25) is 0 Å². The zero-order valence-corrected chi connectivity index (χ0v) is 14.3. The number of carbonyl (C=O) groups is 1. The van der Waals surface area contributed by atoms with Crippen molar-refractivity contribution < 1.29 is 14.3 Å². The first-order chi connectivity index (χ1) is 11.7. The molecule has 2 aromatic carbocycles. The highest BCUT2D eigenvalue weighted by molar-refractivity contribution is 7.81. The van der Waals surface area contributed by atoms with Crippen LogP contribution in [0.25, 0.3) is 0 Å². The minimum atomic E-state index is -0.342. The maximum Gasteiger partial charge on any atom is 0.415 e. The Hall–Kier alpha value is -1.98. The van der Waals surface area contributed by atoms with Crippen molar-refractivity contribution in [3.05, 3.63) is 66.2 Å². The van der Waals surface area contributed by atoms with E-state index >= 15 is 0 Å². The van der Waals surface area contributed by atoms with E-state index < -0.39 is 0 Å². The summed E-state index contributed by atoms with van der Waals surface area (Å²) in [4.78, 5) is 14.1. The van der Waals surface area contributed by atoms with Gasteiger partial charge in [0.25, 0.3) is 0 Å². The van der Waals surface area contributed by atoms with Crippen molar-refractivity contribution in [3.63, 3.8) is 0 Å². The summed E-state index contributed by atoms with van der Waals surface area (Å²) in [5.74, 6) is 0.550. The van der Waals surface area contributed by atoms with Gasteiger partial charge in [-0.25, -0.2) is 4.79 Å². The van der Waals surface area contributed by atoms with E-state index in [2.05, 4.69) is 12.6 Å². The molecule has 0 bridgehead atoms. The molecule has 0 aromatic heterocycles. The lowest BCUT2D eigenvalue weighted by molar-refractivity contribution is 0.0664. The zero-order valence-electron chi connectivity index (χ0n) is 13.4. The van der Waals surface area contributed by atoms with Crippen molar-refractivity contribution in [1.82, 2.24) is 4.90 Å². The van der Waals surface area contributed by atoms with Crippen LogP contribution in [0.3, 0.4) is 0 Å². The van der Waals surface area contributed by atoms with Crippen LogP contribution in [0, 0.1) is 0 Å². The van der Waals surface area contributed by atoms with E-state index in [0.717, 1.165) is 12.0 Å². The highest BCUT2D eigenvalue weighted by Crippen LogP contribution is 2.24. The van der Waals surface area contributed by atoms with Gasteiger partial charge in [0.05, 0.1) is 19.3 Å². The first kappa shape index (κ1) is 16.9. The smallest absolute Gasteiger partial charge is 0.410 e. The molecule has 0 saturated carbocycles. The predicted molar refractivity (Wildman–Crippen MR) is 96.4 cm³/mol. The Labute approximate surface area is 147 Å². The van der Waals surface area contributed by atoms with Gasteiger partial charge >= 0.3 is 6.09 Å². The predicted octanol–water partition coefficient (Wildman–Crippen LogP) is 3.77. The lowest BCUT2D eigenvalue weighted by Gasteiger charge is -2.23. The number of ether oxygens (including phenoxy) is 2. The maximum absolute atomic E-state index is 12.4. The fraction of sp³-hybridized carbons (Fsp3) is 0.316. The molecule has 1 aliphatic heterocycles. The van der Waals surface area contributed by atoms with Crippen LogP contribution in [0.2, 0.25) is 0 Å². The normalized spacial score (nSPS) is 20.1. The van der Waals surface area contributed by atoms with Crippen molar-refractivity contribution in [2.24, 2.45) is 0 Å². The number of nitrogens with zero attached hydrogens (tertiary/aromatic N) is 1. The molecular formula is C19H21NO3S. The van der Waals surface area contributed by atoms with E-state index in [1.165, 1.54) is 0 Å². The Kier molecular flexibility index (Phi) is 5.77. The molecule has 1 fully saturated rings. The maximum atomic E-state index is 12.4. The zero-order chi connectivity index (χ0) is 16.8. The molecule has 1 aliphatic rings. The highest BCUT2D eigenvalue weighted by Gasteiger charge is 2.35. The molecule has 2 atom stereocenters. The summed E-state index contributed by atoms with van der Waals surface area (Å²) in [6.07, 6.45) is 0.466. The number of thiol groups is 1. The van der Waals surface area contributed by atoms with Gasteiger partial charge in [0.15, 0.2) is 0 Å². The van der Waals surface area contributed by atoms with E-state index in [9.17, 15) is 4.79 Å². The summed E-state index contributed by atoms with van der Waals surface area (Å²) < 4.78 is 11.2. The summed E-state index contributed by atoms with van der Waals surface area (Å²) in [6.45, 7) is 1.60. The number of benzene rings is 2. The summed E-state index contributed by atoms with van der Waals surface area (Å²) in [5.41, 5.74) is 1.12. The Morgan fingerprint density at radius 1 is 1.08 bits per heavy atom. The topological polar surface area (TPSA) is 38.8 Å². The van der Waals surface area contributed by atoms with Gasteiger partial charge in [-0.3, -0.25) is 0 Å². The largest absolute Gasteiger partial charge is 0.415 e. The fourth-order valence-electron chi connectivity index (χ4n) is 2.81. The summed E-state index contributed by atoms with van der Waals surface area (Å²) in [7, 11) is 0. The molecule has 1 saturated heterocycles. The number of hydrogen-bond donors (Lipinski definition) is 1. The van der Waals surface area contributed by atoms with E-state index in [4.69, 9.17) is 9.47 Å². The molecule has 24 heavy (non-hydrogen) atoms. The molecule has 2 aromatic rings. The van der Waals surface area contributed by atoms with Gasteiger partial charge in [-0.1, -0.05) is 48.5 Å². The van der Waals surface area contributed by atoms with Crippen molar-refractivity contribution in [3.8, 4) is 5.75 Å². The van der Waals surface area contributed by atoms with Gasteiger partial charge in [0, 0.05) is 11.8 Å². The molecular weight excluding hydrogens is 322 g/mol. The average Bonchev–Trinajstić information content (AvgIpc) is 2.98. The van der Waals surface area contributed by atoms with Crippen LogP contribution in [0.15, 0.2) is 60.7 Å². The number of hydrogen-bond acceptors (Lipinski definition) is 4. The quantitative estimate of drug-likeness (QED) is 0.840. The van der Waals surface area contributed by atoms with Crippen LogP contribution in [0.5, 0.6) is 5.75 Å². The third-order valence-electron chi connectivity index (χ3n) is 4.00. The summed E-state index contributed by atoms with van der Waals surface area (Å²) >= 11 is 4.52. The van der Waals surface area contributed by atoms with E-state index in [-0.39, 0.29) is 17.4 Å². The number of likely N-dealkylation sites (tertiary alicyclic amines) is 1. The highest BCUT2D eigenvalue weighted by atomic mass is 32.1. The second kappa shape index (κ2) is 8.22. The van der Waals surface area contributed by atoms with Crippen molar-refractivity contribution in [1.29, 1.82) is 0 Å². The second-order valence-electron chi connectivity index (χ2n) is 5.88. The van der Waals surface area contributed by atoms with E-state index in [1.807, 2.05) is 48.5 Å². The van der Waals surface area contributed by atoms with Crippen LogP contribution < -0.4 is 4.74 Å². The minimum Gasteiger partial charge on any atom is -0.410 e. The van der Waals surface area contributed by atoms with Gasteiger partial charge < -0.3 is 14.4 Å². The molecule has 5 heteroatoms. The molecule has 0 N–H and O–H groups in total. The lowest BCUT2D eigenvalue weighted by Crippen LogP contribution is -2.40. The standard InChI is InChI=1S/C19H21NO3S/c21-19(23-17-9-5-2-6-10-17)20-12-18(24)11-16(20)14-22-13-15-7-3-1-4-8-15/h1-10,16,18,24H,11-14H2. The van der Waals surface area contributed by atoms with Crippen LogP contribution in [-0.2, 0) is 11.3 Å². The molecule has 0 spiro atoms. The molecule has 1 heterocycles. The molecule has 126 valence electrons. The molecule has 3 rings (SSSR count). The number of amides is 1. The van der Waals surface area contributed by atoms with Crippen molar-refractivity contribution in [2.45, 2.75) is 24.3 Å². The monoisotopic (exact) mass is 343 g/mol.